The van der Waals surface area contributed by atoms with Crippen molar-refractivity contribution in [1.29, 1.82) is 0 Å². The van der Waals surface area contributed by atoms with E-state index in [-0.39, 0.29) is 24.5 Å². The molecular weight excluding hydrogens is 430 g/mol. The van der Waals surface area contributed by atoms with Crippen molar-refractivity contribution in [3.63, 3.8) is 0 Å². The molecular formula is C23H29N3O3S2. The van der Waals surface area contributed by atoms with E-state index in [4.69, 9.17) is 4.98 Å². The molecule has 8 heteroatoms. The lowest BCUT2D eigenvalue weighted by molar-refractivity contribution is -0.118. The molecule has 0 fully saturated rings. The maximum absolute atomic E-state index is 13.1. The number of aromatic nitrogens is 1. The van der Waals surface area contributed by atoms with Gasteiger partial charge in [0.25, 0.3) is 0 Å². The van der Waals surface area contributed by atoms with Gasteiger partial charge in [0.1, 0.15) is 0 Å². The summed E-state index contributed by atoms with van der Waals surface area (Å²) in [5.74, 6) is -0.133. The first-order chi connectivity index (χ1) is 14.8. The van der Waals surface area contributed by atoms with Crippen LogP contribution in [0.3, 0.4) is 0 Å². The molecule has 1 heterocycles. The van der Waals surface area contributed by atoms with Crippen LogP contribution in [0.4, 0.5) is 5.13 Å². The van der Waals surface area contributed by atoms with Gasteiger partial charge in [-0.1, -0.05) is 41.7 Å². The molecule has 6 nitrogen and oxygen atoms in total. The van der Waals surface area contributed by atoms with Gasteiger partial charge in [-0.2, -0.15) is 0 Å². The fourth-order valence-corrected chi connectivity index (χ4v) is 5.77. The Balaban J connectivity index is 1.72. The summed E-state index contributed by atoms with van der Waals surface area (Å²) < 4.78 is 26.1. The normalized spacial score (nSPS) is 11.9. The summed E-state index contributed by atoms with van der Waals surface area (Å²) in [5.41, 5.74) is 1.99. The summed E-state index contributed by atoms with van der Waals surface area (Å²) in [6.07, 6.45) is 1.27. The van der Waals surface area contributed by atoms with Gasteiger partial charge in [0.2, 0.25) is 5.91 Å². The first-order valence-electron chi connectivity index (χ1n) is 10.4. The van der Waals surface area contributed by atoms with Crippen LogP contribution in [0.25, 0.3) is 10.2 Å². The molecule has 0 saturated carbocycles. The fraction of sp³-hybridized carbons (Fsp3) is 0.391. The molecule has 0 aliphatic carbocycles. The highest BCUT2D eigenvalue weighted by atomic mass is 32.2. The van der Waals surface area contributed by atoms with Crippen molar-refractivity contribution < 1.29 is 13.2 Å². The van der Waals surface area contributed by atoms with E-state index in [0.29, 0.717) is 16.6 Å². The predicted octanol–water partition coefficient (Wildman–Crippen LogP) is 4.14. The number of sulfone groups is 1. The van der Waals surface area contributed by atoms with Crippen LogP contribution in [-0.4, -0.2) is 57.1 Å². The van der Waals surface area contributed by atoms with Crippen LogP contribution in [0.5, 0.6) is 0 Å². The molecule has 0 aliphatic rings. The van der Waals surface area contributed by atoms with Gasteiger partial charge in [-0.3, -0.25) is 9.69 Å². The number of anilines is 1. The summed E-state index contributed by atoms with van der Waals surface area (Å²) in [6.45, 7) is 3.43. The first kappa shape index (κ1) is 23.4. The van der Waals surface area contributed by atoms with Gasteiger partial charge in [0.05, 0.1) is 20.9 Å². The van der Waals surface area contributed by atoms with E-state index in [1.807, 2.05) is 39.2 Å². The third-order valence-corrected chi connectivity index (χ3v) is 7.89. The largest absolute Gasteiger partial charge is 0.309 e. The Labute approximate surface area is 188 Å². The van der Waals surface area contributed by atoms with Gasteiger partial charge in [0, 0.05) is 13.0 Å². The van der Waals surface area contributed by atoms with Crippen LogP contribution in [0, 0.1) is 6.92 Å². The summed E-state index contributed by atoms with van der Waals surface area (Å²) in [4.78, 5) is 21.9. The molecule has 3 aromatic rings. The summed E-state index contributed by atoms with van der Waals surface area (Å²) in [6, 6.07) is 14.4. The number of nitrogens with zero attached hydrogens (tertiary/aromatic N) is 3. The topological polar surface area (TPSA) is 70.6 Å². The molecule has 0 bridgehead atoms. The molecule has 0 radical (unpaired) electrons. The predicted molar refractivity (Wildman–Crippen MR) is 128 cm³/mol. The minimum atomic E-state index is -3.39. The highest BCUT2D eigenvalue weighted by Crippen LogP contribution is 2.31. The molecule has 0 N–H and O–H groups in total. The maximum Gasteiger partial charge on any atom is 0.228 e. The van der Waals surface area contributed by atoms with Crippen LogP contribution in [0.1, 0.15) is 24.8 Å². The van der Waals surface area contributed by atoms with E-state index in [2.05, 4.69) is 4.90 Å². The van der Waals surface area contributed by atoms with Gasteiger partial charge >= 0.3 is 0 Å². The molecule has 0 aliphatic heterocycles. The first-order valence-corrected chi connectivity index (χ1v) is 12.8. The fourth-order valence-electron chi connectivity index (χ4n) is 3.36. The lowest BCUT2D eigenvalue weighted by atomic mass is 10.2. The Kier molecular flexibility index (Phi) is 7.80. The average Bonchev–Trinajstić information content (AvgIpc) is 3.17. The number of amides is 1. The Morgan fingerprint density at radius 3 is 2.42 bits per heavy atom. The number of para-hydroxylation sites is 1. The maximum atomic E-state index is 13.1. The van der Waals surface area contributed by atoms with E-state index in [1.54, 1.807) is 35.2 Å². The molecule has 166 valence electrons. The number of fused-ring (bicyclic) bond motifs is 1. The second-order valence-corrected chi connectivity index (χ2v) is 11.0. The lowest BCUT2D eigenvalue weighted by Crippen LogP contribution is -2.33. The Morgan fingerprint density at radius 2 is 1.74 bits per heavy atom. The highest BCUT2D eigenvalue weighted by molar-refractivity contribution is 7.91. The van der Waals surface area contributed by atoms with Crippen LogP contribution >= 0.6 is 11.3 Å². The van der Waals surface area contributed by atoms with Crippen molar-refractivity contribution >= 4 is 42.4 Å². The van der Waals surface area contributed by atoms with E-state index in [9.17, 15) is 13.2 Å². The third-order valence-electron chi connectivity index (χ3n) is 5.03. The molecule has 1 amide bonds. The SMILES string of the molecule is Cc1cccc2sc(N(CCCN(C)C)C(=O)CCCS(=O)(=O)c3ccccc3)nc12. The number of hydrogen-bond acceptors (Lipinski definition) is 6. The van der Waals surface area contributed by atoms with Crippen molar-refractivity contribution in [2.75, 3.05) is 37.8 Å². The number of thiazole rings is 1. The standard InChI is InChI=1S/C23H29N3O3S2/c1-18-10-7-13-20-22(18)24-23(30-20)26(16-9-15-25(2)3)21(27)14-8-17-31(28,29)19-11-5-4-6-12-19/h4-7,10-13H,8-9,14-17H2,1-3H3. The number of carbonyl (C=O) groups is 1. The zero-order valence-electron chi connectivity index (χ0n) is 18.2. The molecule has 0 unspecified atom stereocenters. The minimum absolute atomic E-state index is 0.0484. The summed E-state index contributed by atoms with van der Waals surface area (Å²) in [5, 5.41) is 0.680. The van der Waals surface area contributed by atoms with Crippen molar-refractivity contribution in [2.45, 2.75) is 31.1 Å². The van der Waals surface area contributed by atoms with Gasteiger partial charge in [-0.05, 0) is 64.2 Å². The highest BCUT2D eigenvalue weighted by Gasteiger charge is 2.21. The van der Waals surface area contributed by atoms with Gasteiger partial charge in [-0.25, -0.2) is 13.4 Å². The summed E-state index contributed by atoms with van der Waals surface area (Å²) >= 11 is 1.50. The lowest BCUT2D eigenvalue weighted by Gasteiger charge is -2.21. The van der Waals surface area contributed by atoms with Crippen molar-refractivity contribution in [2.24, 2.45) is 0 Å². The number of benzene rings is 2. The van der Waals surface area contributed by atoms with Gasteiger partial charge < -0.3 is 4.90 Å². The van der Waals surface area contributed by atoms with Crippen molar-refractivity contribution in [3.8, 4) is 0 Å². The number of carbonyl (C=O) groups excluding carboxylic acids is 1. The van der Waals surface area contributed by atoms with Crippen LogP contribution in [0.2, 0.25) is 0 Å². The van der Waals surface area contributed by atoms with Gasteiger partial charge in [-0.15, -0.1) is 0 Å². The second-order valence-electron chi connectivity index (χ2n) is 7.86. The van der Waals surface area contributed by atoms with Crippen LogP contribution in [0.15, 0.2) is 53.4 Å². The zero-order valence-corrected chi connectivity index (χ0v) is 19.9. The molecule has 0 spiro atoms. The monoisotopic (exact) mass is 459 g/mol. The summed E-state index contributed by atoms with van der Waals surface area (Å²) in [7, 11) is 0.612. The molecule has 0 saturated heterocycles. The van der Waals surface area contributed by atoms with Crippen LogP contribution < -0.4 is 4.90 Å². The number of rotatable bonds is 10. The van der Waals surface area contributed by atoms with E-state index >= 15 is 0 Å². The van der Waals surface area contributed by atoms with Crippen molar-refractivity contribution in [1.82, 2.24) is 9.88 Å². The smallest absolute Gasteiger partial charge is 0.228 e. The van der Waals surface area contributed by atoms with E-state index in [0.717, 1.165) is 28.7 Å². The Bertz CT molecular complexity index is 1130. The average molecular weight is 460 g/mol. The zero-order chi connectivity index (χ0) is 22.4. The number of hydrogen-bond donors (Lipinski definition) is 0. The molecule has 3 rings (SSSR count). The molecule has 1 aromatic heterocycles. The second kappa shape index (κ2) is 10.3. The minimum Gasteiger partial charge on any atom is -0.309 e. The molecule has 31 heavy (non-hydrogen) atoms. The molecule has 0 atom stereocenters. The third kappa shape index (κ3) is 6.12. The Morgan fingerprint density at radius 1 is 1.00 bits per heavy atom. The van der Waals surface area contributed by atoms with E-state index in [1.165, 1.54) is 11.3 Å². The number of aryl methyl sites for hydroxylation is 1. The van der Waals surface area contributed by atoms with E-state index < -0.39 is 9.84 Å². The van der Waals surface area contributed by atoms with Crippen LogP contribution in [-0.2, 0) is 14.6 Å². The van der Waals surface area contributed by atoms with Crippen molar-refractivity contribution in [3.05, 3.63) is 54.1 Å². The quantitative estimate of drug-likeness (QED) is 0.456. The molecule has 2 aromatic carbocycles. The van der Waals surface area contributed by atoms with Gasteiger partial charge in [0.15, 0.2) is 15.0 Å². The Hall–Kier alpha value is -2.29.